The first-order valence-electron chi connectivity index (χ1n) is 8.35. The van der Waals surface area contributed by atoms with Crippen LogP contribution in [0.5, 0.6) is 5.75 Å². The quantitative estimate of drug-likeness (QED) is 0.704. The molecule has 1 saturated heterocycles. The molecular weight excluding hydrogens is 421 g/mol. The summed E-state index contributed by atoms with van der Waals surface area (Å²) in [6.45, 7) is 6.40. The van der Waals surface area contributed by atoms with Crippen molar-refractivity contribution in [2.75, 3.05) is 26.3 Å². The van der Waals surface area contributed by atoms with Crippen molar-refractivity contribution in [1.29, 1.82) is 5.26 Å². The van der Waals surface area contributed by atoms with Gasteiger partial charge in [-0.3, -0.25) is 0 Å². The van der Waals surface area contributed by atoms with Crippen molar-refractivity contribution < 1.29 is 22.7 Å². The van der Waals surface area contributed by atoms with Crippen molar-refractivity contribution in [3.63, 3.8) is 0 Å². The largest absolute Gasteiger partial charge is 0.493 e. The molecule has 0 spiro atoms. The lowest BCUT2D eigenvalue weighted by atomic mass is 9.83. The Labute approximate surface area is 172 Å². The topological polar surface area (TPSA) is 95.0 Å². The summed E-state index contributed by atoms with van der Waals surface area (Å²) in [6.07, 6.45) is 0. The van der Waals surface area contributed by atoms with E-state index in [4.69, 9.17) is 22.9 Å². The van der Waals surface area contributed by atoms with E-state index < -0.39 is 21.3 Å². The molecule has 1 heterocycles. The van der Waals surface area contributed by atoms with Gasteiger partial charge in [0.25, 0.3) is 0 Å². The van der Waals surface area contributed by atoms with E-state index in [0.717, 1.165) is 10.4 Å². The van der Waals surface area contributed by atoms with Gasteiger partial charge in [0, 0.05) is 24.2 Å². The summed E-state index contributed by atoms with van der Waals surface area (Å²) in [7, 11) is -3.95. The van der Waals surface area contributed by atoms with Crippen LogP contribution in [0.3, 0.4) is 0 Å². The first-order chi connectivity index (χ1) is 13.7. The molecule has 1 aliphatic rings. The van der Waals surface area contributed by atoms with Crippen molar-refractivity contribution >= 4 is 27.3 Å². The van der Waals surface area contributed by atoms with Gasteiger partial charge in [0.2, 0.25) is 15.7 Å². The Morgan fingerprint density at radius 1 is 1.34 bits per heavy atom. The number of aliphatic hydroxyl groups excluding tert-OH is 1. The van der Waals surface area contributed by atoms with Crippen molar-refractivity contribution in [1.82, 2.24) is 4.31 Å². The third-order valence-electron chi connectivity index (χ3n) is 4.62. The number of sulfonamides is 1. The molecule has 0 aliphatic carbocycles. The minimum absolute atomic E-state index is 0.0258. The summed E-state index contributed by atoms with van der Waals surface area (Å²) in [5.41, 5.74) is -1.06. The third kappa shape index (κ3) is 4.04. The number of nitriles is 1. The highest BCUT2D eigenvalue weighted by Crippen LogP contribution is 2.36. The molecule has 3 rings (SSSR count). The number of rotatable bonds is 6. The minimum atomic E-state index is -3.95. The maximum atomic E-state index is 13.7. The van der Waals surface area contributed by atoms with E-state index in [1.165, 1.54) is 30.3 Å². The summed E-state index contributed by atoms with van der Waals surface area (Å²) in [5.74, 6) is -0.548. The summed E-state index contributed by atoms with van der Waals surface area (Å²) >= 11 is 5.82. The maximum absolute atomic E-state index is 13.7. The van der Waals surface area contributed by atoms with Gasteiger partial charge >= 0.3 is 0 Å². The molecule has 0 amide bonds. The molecule has 0 radical (unpaired) electrons. The van der Waals surface area contributed by atoms with Gasteiger partial charge in [-0.1, -0.05) is 11.6 Å². The molecule has 0 aromatic heterocycles. The highest BCUT2D eigenvalue weighted by molar-refractivity contribution is 7.89. The van der Waals surface area contributed by atoms with E-state index in [1.54, 1.807) is 0 Å². The van der Waals surface area contributed by atoms with Crippen LogP contribution >= 0.6 is 11.6 Å². The first kappa shape index (κ1) is 21.0. The summed E-state index contributed by atoms with van der Waals surface area (Å²) in [6, 6.07) is 9.54. The summed E-state index contributed by atoms with van der Waals surface area (Å²) in [5, 5.41) is 19.2. The van der Waals surface area contributed by atoms with Crippen LogP contribution in [0.2, 0.25) is 5.02 Å². The molecule has 0 bridgehead atoms. The number of halogens is 2. The second-order valence-electron chi connectivity index (χ2n) is 6.70. The van der Waals surface area contributed by atoms with E-state index >= 15 is 0 Å². The normalized spacial score (nSPS) is 15.8. The number of ether oxygens (including phenoxy) is 1. The molecule has 2 aromatic carbocycles. The Balaban J connectivity index is 1.72. The van der Waals surface area contributed by atoms with Gasteiger partial charge in [-0.2, -0.15) is 9.57 Å². The van der Waals surface area contributed by atoms with Crippen LogP contribution < -0.4 is 4.74 Å². The molecule has 0 saturated carbocycles. The summed E-state index contributed by atoms with van der Waals surface area (Å²) < 4.78 is 46.0. The van der Waals surface area contributed by atoms with Crippen molar-refractivity contribution in [3.8, 4) is 11.8 Å². The standard InChI is InChI=1S/C19H15ClFN3O4S/c1-23-17-4-3-15(7-16(17)21)28-12-19(11-25)9-24(10-19)29(26,27)18-5-2-14(20)6-13(18)8-22/h2-7,25H,9-12H2. The van der Waals surface area contributed by atoms with Crippen LogP contribution in [0, 0.1) is 29.1 Å². The SMILES string of the molecule is [C-]#[N+]c1ccc(OCC2(CO)CN(S(=O)(=O)c3ccc(Cl)cc3C#N)C2)cc1F. The van der Waals surface area contributed by atoms with E-state index in [9.17, 15) is 23.2 Å². The lowest BCUT2D eigenvalue weighted by molar-refractivity contribution is -0.0273. The molecule has 7 nitrogen and oxygen atoms in total. The zero-order chi connectivity index (χ0) is 21.2. The van der Waals surface area contributed by atoms with Gasteiger partial charge in [0.1, 0.15) is 22.5 Å². The number of hydrogen-bond acceptors (Lipinski definition) is 5. The number of benzene rings is 2. The molecule has 1 aliphatic heterocycles. The lowest BCUT2D eigenvalue weighted by Gasteiger charge is -2.47. The van der Waals surface area contributed by atoms with Crippen LogP contribution in [-0.4, -0.2) is 44.1 Å². The lowest BCUT2D eigenvalue weighted by Crippen LogP contribution is -2.62. The zero-order valence-electron chi connectivity index (χ0n) is 15.0. The van der Waals surface area contributed by atoms with Gasteiger partial charge in [0.15, 0.2) is 0 Å². The van der Waals surface area contributed by atoms with E-state index in [0.29, 0.717) is 0 Å². The Morgan fingerprint density at radius 2 is 2.07 bits per heavy atom. The monoisotopic (exact) mass is 435 g/mol. The van der Waals surface area contributed by atoms with Crippen molar-refractivity contribution in [2.45, 2.75) is 4.90 Å². The Morgan fingerprint density at radius 3 is 2.66 bits per heavy atom. The fourth-order valence-electron chi connectivity index (χ4n) is 2.97. The molecule has 0 atom stereocenters. The molecule has 0 unspecified atom stereocenters. The van der Waals surface area contributed by atoms with Crippen LogP contribution in [0.15, 0.2) is 41.3 Å². The average molecular weight is 436 g/mol. The Bertz CT molecular complexity index is 1140. The fraction of sp³-hybridized carbons (Fsp3) is 0.263. The highest BCUT2D eigenvalue weighted by atomic mass is 35.5. The Kier molecular flexibility index (Phi) is 5.78. The van der Waals surface area contributed by atoms with Crippen LogP contribution in [0.4, 0.5) is 10.1 Å². The molecule has 2 aromatic rings. The van der Waals surface area contributed by atoms with Crippen LogP contribution in [0.1, 0.15) is 5.56 Å². The van der Waals surface area contributed by atoms with Crippen LogP contribution in [0.25, 0.3) is 4.85 Å². The van der Waals surface area contributed by atoms with Gasteiger partial charge in [0.05, 0.1) is 30.8 Å². The molecule has 150 valence electrons. The minimum Gasteiger partial charge on any atom is -0.493 e. The second-order valence-corrected chi connectivity index (χ2v) is 9.04. The van der Waals surface area contributed by atoms with Gasteiger partial charge in [-0.25, -0.2) is 17.7 Å². The predicted octanol–water partition coefficient (Wildman–Crippen LogP) is 2.96. The Hall–Kier alpha value is -2.69. The summed E-state index contributed by atoms with van der Waals surface area (Å²) in [4.78, 5) is 2.87. The second kappa shape index (κ2) is 7.97. The number of hydrogen-bond donors (Lipinski definition) is 1. The van der Waals surface area contributed by atoms with Crippen molar-refractivity contribution in [2.24, 2.45) is 5.41 Å². The van der Waals surface area contributed by atoms with Gasteiger partial charge in [-0.15, -0.1) is 0 Å². The molecule has 10 heteroatoms. The van der Waals surface area contributed by atoms with Gasteiger partial charge in [-0.05, 0) is 30.3 Å². The number of aliphatic hydroxyl groups is 1. The van der Waals surface area contributed by atoms with E-state index in [2.05, 4.69) is 4.85 Å². The molecule has 1 fully saturated rings. The first-order valence-corrected chi connectivity index (χ1v) is 10.2. The average Bonchev–Trinajstić information content (AvgIpc) is 2.67. The molecular formula is C19H15ClFN3O4S. The van der Waals surface area contributed by atoms with E-state index in [1.807, 2.05) is 6.07 Å². The molecule has 29 heavy (non-hydrogen) atoms. The van der Waals surface area contributed by atoms with E-state index in [-0.39, 0.29) is 53.2 Å². The third-order valence-corrected chi connectivity index (χ3v) is 6.71. The van der Waals surface area contributed by atoms with Crippen LogP contribution in [-0.2, 0) is 10.0 Å². The fourth-order valence-corrected chi connectivity index (χ4v) is 4.93. The zero-order valence-corrected chi connectivity index (χ0v) is 16.5. The van der Waals surface area contributed by atoms with Crippen molar-refractivity contribution in [3.05, 3.63) is 64.2 Å². The smallest absolute Gasteiger partial charge is 0.244 e. The molecule has 1 N–H and O–H groups in total. The van der Waals surface area contributed by atoms with Gasteiger partial charge < -0.3 is 9.84 Å². The maximum Gasteiger partial charge on any atom is 0.244 e. The number of nitrogens with zero attached hydrogens (tertiary/aromatic N) is 3. The predicted molar refractivity (Wildman–Crippen MR) is 103 cm³/mol. The highest BCUT2D eigenvalue weighted by Gasteiger charge is 2.49.